The molecule has 5 heteroatoms. The van der Waals surface area contributed by atoms with E-state index in [4.69, 9.17) is 5.11 Å². The lowest BCUT2D eigenvalue weighted by atomic mass is 10.0. The van der Waals surface area contributed by atoms with Crippen molar-refractivity contribution in [3.63, 3.8) is 0 Å². The summed E-state index contributed by atoms with van der Waals surface area (Å²) in [6, 6.07) is -0.190. The molecule has 1 fully saturated rings. The van der Waals surface area contributed by atoms with Crippen LogP contribution < -0.4 is 0 Å². The maximum absolute atomic E-state index is 10.9. The van der Waals surface area contributed by atoms with Crippen molar-refractivity contribution in [3.05, 3.63) is 0 Å². The van der Waals surface area contributed by atoms with E-state index in [0.717, 1.165) is 6.42 Å². The van der Waals surface area contributed by atoms with Crippen molar-refractivity contribution in [1.29, 1.82) is 0 Å². The van der Waals surface area contributed by atoms with Gasteiger partial charge in [0, 0.05) is 6.54 Å². The minimum atomic E-state index is -3.09. The van der Waals surface area contributed by atoms with Gasteiger partial charge >= 0.3 is 0 Å². The molecule has 2 atom stereocenters. The standard InChI is InChI=1S/C6H13NO3S/c1-5(8)6-3-4-7(6)11(2,9)10/h5-6,8H,3-4H2,1-2H3. The van der Waals surface area contributed by atoms with Crippen LogP contribution in [0.3, 0.4) is 0 Å². The number of aliphatic hydroxyl groups excluding tert-OH is 1. The van der Waals surface area contributed by atoms with Crippen molar-refractivity contribution in [2.75, 3.05) is 12.8 Å². The van der Waals surface area contributed by atoms with Crippen LogP contribution in [0.25, 0.3) is 0 Å². The summed E-state index contributed by atoms with van der Waals surface area (Å²) in [5.41, 5.74) is 0. The van der Waals surface area contributed by atoms with Gasteiger partial charge < -0.3 is 5.11 Å². The summed E-state index contributed by atoms with van der Waals surface area (Å²) < 4.78 is 23.2. The Bertz CT molecular complexity index is 234. The Labute approximate surface area is 66.9 Å². The van der Waals surface area contributed by atoms with Gasteiger partial charge in [-0.3, -0.25) is 0 Å². The zero-order valence-electron chi connectivity index (χ0n) is 6.69. The van der Waals surface area contributed by atoms with Crippen LogP contribution in [0.4, 0.5) is 0 Å². The molecule has 4 nitrogen and oxygen atoms in total. The van der Waals surface area contributed by atoms with E-state index in [9.17, 15) is 8.42 Å². The molecule has 0 amide bonds. The van der Waals surface area contributed by atoms with Crippen LogP contribution in [0.15, 0.2) is 0 Å². The van der Waals surface area contributed by atoms with Crippen molar-refractivity contribution in [2.45, 2.75) is 25.5 Å². The molecule has 0 aromatic rings. The molecular weight excluding hydrogens is 166 g/mol. The second kappa shape index (κ2) is 2.73. The van der Waals surface area contributed by atoms with E-state index in [0.29, 0.717) is 6.54 Å². The first-order chi connectivity index (χ1) is 4.93. The van der Waals surface area contributed by atoms with Gasteiger partial charge in [-0.1, -0.05) is 0 Å². The fourth-order valence-electron chi connectivity index (χ4n) is 1.28. The van der Waals surface area contributed by atoms with E-state index in [1.807, 2.05) is 0 Å². The summed E-state index contributed by atoms with van der Waals surface area (Å²) in [4.78, 5) is 0. The van der Waals surface area contributed by atoms with Crippen molar-refractivity contribution >= 4 is 10.0 Å². The number of hydrogen-bond donors (Lipinski definition) is 1. The van der Waals surface area contributed by atoms with E-state index < -0.39 is 16.1 Å². The Hall–Kier alpha value is -0.130. The molecule has 1 N–H and O–H groups in total. The molecule has 0 spiro atoms. The van der Waals surface area contributed by atoms with E-state index in [2.05, 4.69) is 0 Å². The number of aliphatic hydroxyl groups is 1. The van der Waals surface area contributed by atoms with Gasteiger partial charge in [-0.05, 0) is 13.3 Å². The van der Waals surface area contributed by atoms with Gasteiger partial charge in [-0.25, -0.2) is 8.42 Å². The molecule has 2 unspecified atom stereocenters. The lowest BCUT2D eigenvalue weighted by Crippen LogP contribution is -2.55. The Balaban J connectivity index is 2.65. The Morgan fingerprint density at radius 2 is 2.18 bits per heavy atom. The molecule has 0 bridgehead atoms. The molecule has 0 aliphatic carbocycles. The van der Waals surface area contributed by atoms with Gasteiger partial charge in [0.05, 0.1) is 18.4 Å². The third kappa shape index (κ3) is 1.72. The summed E-state index contributed by atoms with van der Waals surface area (Å²) in [5.74, 6) is 0. The molecule has 11 heavy (non-hydrogen) atoms. The fraction of sp³-hybridized carbons (Fsp3) is 1.00. The zero-order valence-corrected chi connectivity index (χ0v) is 7.50. The minimum absolute atomic E-state index is 0.190. The maximum Gasteiger partial charge on any atom is 0.211 e. The number of nitrogens with zero attached hydrogens (tertiary/aromatic N) is 1. The predicted molar refractivity (Wildman–Crippen MR) is 41.6 cm³/mol. The van der Waals surface area contributed by atoms with Crippen LogP contribution in [0.2, 0.25) is 0 Å². The largest absolute Gasteiger partial charge is 0.392 e. The van der Waals surface area contributed by atoms with Gasteiger partial charge in [0.2, 0.25) is 10.0 Å². The summed E-state index contributed by atoms with van der Waals surface area (Å²) in [6.07, 6.45) is 1.38. The number of rotatable bonds is 2. The monoisotopic (exact) mass is 179 g/mol. The molecule has 0 radical (unpaired) electrons. The van der Waals surface area contributed by atoms with Gasteiger partial charge in [-0.15, -0.1) is 0 Å². The highest BCUT2D eigenvalue weighted by molar-refractivity contribution is 7.88. The zero-order chi connectivity index (χ0) is 8.65. The van der Waals surface area contributed by atoms with Crippen molar-refractivity contribution < 1.29 is 13.5 Å². The van der Waals surface area contributed by atoms with Crippen molar-refractivity contribution in [2.24, 2.45) is 0 Å². The molecule has 1 aliphatic rings. The molecule has 1 saturated heterocycles. The second-order valence-electron chi connectivity index (χ2n) is 2.97. The van der Waals surface area contributed by atoms with Crippen LogP contribution >= 0.6 is 0 Å². The predicted octanol–water partition coefficient (Wildman–Crippen LogP) is -0.599. The summed E-state index contributed by atoms with van der Waals surface area (Å²) >= 11 is 0. The van der Waals surface area contributed by atoms with Gasteiger partial charge in [0.15, 0.2) is 0 Å². The Morgan fingerprint density at radius 3 is 2.27 bits per heavy atom. The van der Waals surface area contributed by atoms with Crippen LogP contribution in [0, 0.1) is 0 Å². The van der Waals surface area contributed by atoms with E-state index in [1.165, 1.54) is 10.6 Å². The van der Waals surface area contributed by atoms with E-state index in [-0.39, 0.29) is 6.04 Å². The summed E-state index contributed by atoms with van der Waals surface area (Å²) in [6.45, 7) is 2.16. The molecular formula is C6H13NO3S. The van der Waals surface area contributed by atoms with Crippen LogP contribution in [-0.4, -0.2) is 42.8 Å². The second-order valence-corrected chi connectivity index (χ2v) is 4.91. The first-order valence-electron chi connectivity index (χ1n) is 3.58. The minimum Gasteiger partial charge on any atom is -0.392 e. The van der Waals surface area contributed by atoms with Crippen LogP contribution in [-0.2, 0) is 10.0 Å². The fourth-order valence-corrected chi connectivity index (χ4v) is 2.49. The number of hydrogen-bond acceptors (Lipinski definition) is 3. The lowest BCUT2D eigenvalue weighted by molar-refractivity contribution is 0.0510. The molecule has 0 aromatic carbocycles. The van der Waals surface area contributed by atoms with Gasteiger partial charge in [-0.2, -0.15) is 4.31 Å². The smallest absolute Gasteiger partial charge is 0.211 e. The maximum atomic E-state index is 10.9. The molecule has 0 aromatic heterocycles. The highest BCUT2D eigenvalue weighted by atomic mass is 32.2. The molecule has 0 saturated carbocycles. The van der Waals surface area contributed by atoms with Crippen molar-refractivity contribution in [3.8, 4) is 0 Å². The Morgan fingerprint density at radius 1 is 1.64 bits per heavy atom. The molecule has 1 rings (SSSR count). The quantitative estimate of drug-likeness (QED) is 0.616. The number of sulfonamides is 1. The van der Waals surface area contributed by atoms with E-state index >= 15 is 0 Å². The van der Waals surface area contributed by atoms with Gasteiger partial charge in [0.1, 0.15) is 0 Å². The third-order valence-corrected chi connectivity index (χ3v) is 3.30. The van der Waals surface area contributed by atoms with E-state index in [1.54, 1.807) is 6.92 Å². The van der Waals surface area contributed by atoms with Crippen molar-refractivity contribution in [1.82, 2.24) is 4.31 Å². The van der Waals surface area contributed by atoms with Crippen LogP contribution in [0.5, 0.6) is 0 Å². The summed E-state index contributed by atoms with van der Waals surface area (Å²) in [5, 5.41) is 9.10. The first kappa shape index (κ1) is 8.96. The highest BCUT2D eigenvalue weighted by Crippen LogP contribution is 2.23. The Kier molecular flexibility index (Phi) is 2.22. The first-order valence-corrected chi connectivity index (χ1v) is 5.42. The lowest BCUT2D eigenvalue weighted by Gasteiger charge is -2.40. The topological polar surface area (TPSA) is 57.6 Å². The SMILES string of the molecule is CC(O)C1CCN1S(C)(=O)=O. The highest BCUT2D eigenvalue weighted by Gasteiger charge is 2.37. The molecule has 1 heterocycles. The molecule has 1 aliphatic heterocycles. The van der Waals surface area contributed by atoms with Crippen LogP contribution in [0.1, 0.15) is 13.3 Å². The third-order valence-electron chi connectivity index (χ3n) is 2.00. The average Bonchev–Trinajstić information content (AvgIpc) is 1.51. The average molecular weight is 179 g/mol. The summed E-state index contributed by atoms with van der Waals surface area (Å²) in [7, 11) is -3.09. The van der Waals surface area contributed by atoms with Gasteiger partial charge in [0.25, 0.3) is 0 Å². The normalized spacial score (nSPS) is 29.5. The molecule has 66 valence electrons.